The summed E-state index contributed by atoms with van der Waals surface area (Å²) >= 11 is 5.91. The van der Waals surface area contributed by atoms with Crippen molar-refractivity contribution in [3.05, 3.63) is 23.0 Å². The van der Waals surface area contributed by atoms with Gasteiger partial charge in [0.2, 0.25) is 0 Å². The summed E-state index contributed by atoms with van der Waals surface area (Å²) in [6, 6.07) is 2.25. The van der Waals surface area contributed by atoms with Crippen molar-refractivity contribution in [2.24, 2.45) is 7.05 Å². The highest BCUT2D eigenvalue weighted by Crippen LogP contribution is 2.18. The molecule has 1 saturated heterocycles. The fourth-order valence-electron chi connectivity index (χ4n) is 2.23. The molecule has 2 unspecified atom stereocenters. The maximum atomic E-state index is 12.4. The molecule has 0 aromatic carbocycles. The Kier molecular flexibility index (Phi) is 3.45. The topological polar surface area (TPSA) is 37.3 Å². The van der Waals surface area contributed by atoms with E-state index < -0.39 is 0 Å². The molecule has 17 heavy (non-hydrogen) atoms. The van der Waals surface area contributed by atoms with Gasteiger partial charge in [-0.25, -0.2) is 0 Å². The molecule has 0 bridgehead atoms. The van der Waals surface area contributed by atoms with E-state index in [9.17, 15) is 4.79 Å². The first-order chi connectivity index (χ1) is 8.00. The minimum atomic E-state index is 0.0558. The normalized spacial score (nSPS) is 25.1. The van der Waals surface area contributed by atoms with Gasteiger partial charge < -0.3 is 14.8 Å². The summed E-state index contributed by atoms with van der Waals surface area (Å²) in [6.07, 6.45) is 1.76. The van der Waals surface area contributed by atoms with Gasteiger partial charge >= 0.3 is 0 Å². The first-order valence-corrected chi connectivity index (χ1v) is 6.24. The Morgan fingerprint density at radius 3 is 2.82 bits per heavy atom. The molecule has 1 aromatic heterocycles. The molecule has 5 heteroatoms. The molecule has 1 aliphatic heterocycles. The minimum absolute atomic E-state index is 0.0558. The van der Waals surface area contributed by atoms with E-state index >= 15 is 0 Å². The number of halogens is 1. The Balaban J connectivity index is 2.22. The lowest BCUT2D eigenvalue weighted by Crippen LogP contribution is -2.57. The minimum Gasteiger partial charge on any atom is -0.345 e. The molecular formula is C12H18ClN3O. The molecule has 1 aliphatic rings. The van der Waals surface area contributed by atoms with Crippen molar-refractivity contribution in [1.82, 2.24) is 14.8 Å². The number of carbonyl (C=O) groups is 1. The third-order valence-corrected chi connectivity index (χ3v) is 3.69. The van der Waals surface area contributed by atoms with Crippen molar-refractivity contribution in [1.29, 1.82) is 0 Å². The van der Waals surface area contributed by atoms with Crippen molar-refractivity contribution in [2.45, 2.75) is 25.9 Å². The van der Waals surface area contributed by atoms with E-state index in [0.29, 0.717) is 16.8 Å². The maximum absolute atomic E-state index is 12.4. The number of aromatic nitrogens is 1. The summed E-state index contributed by atoms with van der Waals surface area (Å²) in [7, 11) is 1.84. The highest BCUT2D eigenvalue weighted by Gasteiger charge is 2.29. The summed E-state index contributed by atoms with van der Waals surface area (Å²) in [5.41, 5.74) is 0.649. The molecule has 0 aliphatic carbocycles. The van der Waals surface area contributed by atoms with Crippen molar-refractivity contribution in [2.75, 3.05) is 13.1 Å². The smallest absolute Gasteiger partial charge is 0.270 e. The van der Waals surface area contributed by atoms with Crippen LogP contribution in [-0.2, 0) is 7.05 Å². The van der Waals surface area contributed by atoms with Crippen LogP contribution in [0.2, 0.25) is 5.02 Å². The Labute approximate surface area is 107 Å². The lowest BCUT2D eigenvalue weighted by molar-refractivity contribution is 0.0593. The number of rotatable bonds is 1. The second-order valence-electron chi connectivity index (χ2n) is 4.64. The van der Waals surface area contributed by atoms with E-state index in [1.54, 1.807) is 16.8 Å². The second-order valence-corrected chi connectivity index (χ2v) is 5.07. The third kappa shape index (κ3) is 2.33. The summed E-state index contributed by atoms with van der Waals surface area (Å²) in [6.45, 7) is 5.75. The number of hydrogen-bond acceptors (Lipinski definition) is 2. The van der Waals surface area contributed by atoms with Crippen molar-refractivity contribution >= 4 is 17.5 Å². The fraction of sp³-hybridized carbons (Fsp3) is 0.583. The lowest BCUT2D eigenvalue weighted by Gasteiger charge is -2.38. The summed E-state index contributed by atoms with van der Waals surface area (Å²) < 4.78 is 1.78. The van der Waals surface area contributed by atoms with Gasteiger partial charge in [0.1, 0.15) is 5.69 Å². The highest BCUT2D eigenvalue weighted by molar-refractivity contribution is 6.31. The number of nitrogens with zero attached hydrogens (tertiary/aromatic N) is 2. The highest BCUT2D eigenvalue weighted by atomic mass is 35.5. The molecule has 1 N–H and O–H groups in total. The lowest BCUT2D eigenvalue weighted by atomic mass is 10.1. The van der Waals surface area contributed by atoms with Gasteiger partial charge in [0.15, 0.2) is 0 Å². The molecule has 4 nitrogen and oxygen atoms in total. The summed E-state index contributed by atoms with van der Waals surface area (Å²) in [4.78, 5) is 14.3. The van der Waals surface area contributed by atoms with Crippen LogP contribution >= 0.6 is 11.6 Å². The maximum Gasteiger partial charge on any atom is 0.270 e. The fourth-order valence-corrected chi connectivity index (χ4v) is 2.48. The Morgan fingerprint density at radius 1 is 1.53 bits per heavy atom. The van der Waals surface area contributed by atoms with Crippen LogP contribution in [0.25, 0.3) is 0 Å². The molecule has 2 atom stereocenters. The van der Waals surface area contributed by atoms with Gasteiger partial charge in [0.25, 0.3) is 5.91 Å². The quantitative estimate of drug-likeness (QED) is 0.826. The molecule has 94 valence electrons. The number of piperazine rings is 1. The van der Waals surface area contributed by atoms with Crippen LogP contribution < -0.4 is 5.32 Å². The largest absolute Gasteiger partial charge is 0.345 e. The van der Waals surface area contributed by atoms with Crippen molar-refractivity contribution < 1.29 is 4.79 Å². The molecule has 1 aromatic rings. The van der Waals surface area contributed by atoms with Gasteiger partial charge in [-0.15, -0.1) is 0 Å². The van der Waals surface area contributed by atoms with Crippen LogP contribution in [0.3, 0.4) is 0 Å². The summed E-state index contributed by atoms with van der Waals surface area (Å²) in [5, 5.41) is 3.96. The Bertz CT molecular complexity index is 429. The van der Waals surface area contributed by atoms with Crippen LogP contribution in [0.15, 0.2) is 12.3 Å². The molecular weight excluding hydrogens is 238 g/mol. The first kappa shape index (κ1) is 12.5. The van der Waals surface area contributed by atoms with Crippen LogP contribution in [-0.4, -0.2) is 40.5 Å². The standard InChI is InChI=1S/C12H18ClN3O/c1-8-9(2)16(5-4-14-8)12(17)11-6-10(13)7-15(11)3/h6-9,14H,4-5H2,1-3H3. The number of carbonyl (C=O) groups excluding carboxylic acids is 1. The number of hydrogen-bond donors (Lipinski definition) is 1. The Morgan fingerprint density at radius 2 is 2.24 bits per heavy atom. The molecule has 1 fully saturated rings. The van der Waals surface area contributed by atoms with Gasteiger partial charge in [-0.3, -0.25) is 4.79 Å². The van der Waals surface area contributed by atoms with Crippen LogP contribution in [0.1, 0.15) is 24.3 Å². The summed E-state index contributed by atoms with van der Waals surface area (Å²) in [5.74, 6) is 0.0558. The van der Waals surface area contributed by atoms with Gasteiger partial charge in [0.05, 0.1) is 5.02 Å². The Hall–Kier alpha value is -1.00. The van der Waals surface area contributed by atoms with Crippen LogP contribution in [0, 0.1) is 0 Å². The number of amides is 1. The van der Waals surface area contributed by atoms with Gasteiger partial charge in [-0.05, 0) is 19.9 Å². The average Bonchev–Trinajstić information content (AvgIpc) is 2.61. The molecule has 0 radical (unpaired) electrons. The van der Waals surface area contributed by atoms with Crippen LogP contribution in [0.5, 0.6) is 0 Å². The van der Waals surface area contributed by atoms with Crippen molar-refractivity contribution in [3.63, 3.8) is 0 Å². The van der Waals surface area contributed by atoms with E-state index in [2.05, 4.69) is 19.2 Å². The SMILES string of the molecule is CC1NCCN(C(=O)c2cc(Cl)cn2C)C1C. The molecule has 2 rings (SSSR count). The monoisotopic (exact) mass is 255 g/mol. The van der Waals surface area contributed by atoms with Gasteiger partial charge in [-0.2, -0.15) is 0 Å². The van der Waals surface area contributed by atoms with Crippen molar-refractivity contribution in [3.8, 4) is 0 Å². The van der Waals surface area contributed by atoms with Crippen LogP contribution in [0.4, 0.5) is 0 Å². The first-order valence-electron chi connectivity index (χ1n) is 5.87. The van der Waals surface area contributed by atoms with E-state index in [4.69, 9.17) is 11.6 Å². The molecule has 1 amide bonds. The molecule has 0 spiro atoms. The number of nitrogens with one attached hydrogen (secondary N) is 1. The van der Waals surface area contributed by atoms with E-state index in [-0.39, 0.29) is 11.9 Å². The third-order valence-electron chi connectivity index (χ3n) is 3.49. The average molecular weight is 256 g/mol. The number of aryl methyl sites for hydroxylation is 1. The second kappa shape index (κ2) is 4.70. The molecule has 0 saturated carbocycles. The molecule has 2 heterocycles. The predicted octanol–water partition coefficient (Wildman–Crippen LogP) is 1.50. The zero-order chi connectivity index (χ0) is 12.6. The van der Waals surface area contributed by atoms with E-state index in [1.165, 1.54) is 0 Å². The zero-order valence-corrected chi connectivity index (χ0v) is 11.2. The van der Waals surface area contributed by atoms with E-state index in [1.807, 2.05) is 11.9 Å². The zero-order valence-electron chi connectivity index (χ0n) is 10.4. The van der Waals surface area contributed by atoms with E-state index in [0.717, 1.165) is 13.1 Å². The van der Waals surface area contributed by atoms with Gasteiger partial charge in [0, 0.05) is 38.4 Å². The van der Waals surface area contributed by atoms with Gasteiger partial charge in [-0.1, -0.05) is 11.6 Å². The predicted molar refractivity (Wildman–Crippen MR) is 68.4 cm³/mol.